The van der Waals surface area contributed by atoms with Crippen molar-refractivity contribution in [3.8, 4) is 0 Å². The van der Waals surface area contributed by atoms with E-state index < -0.39 is 5.97 Å². The highest BCUT2D eigenvalue weighted by Crippen LogP contribution is 2.23. The molecule has 1 unspecified atom stereocenters. The summed E-state index contributed by atoms with van der Waals surface area (Å²) in [5.41, 5.74) is 0.753. The van der Waals surface area contributed by atoms with Crippen LogP contribution in [0, 0.1) is 0 Å². The molecule has 0 saturated carbocycles. The van der Waals surface area contributed by atoms with Gasteiger partial charge in [-0.3, -0.25) is 4.79 Å². The molecule has 0 spiro atoms. The van der Waals surface area contributed by atoms with E-state index in [-0.39, 0.29) is 5.91 Å². The van der Waals surface area contributed by atoms with Crippen LogP contribution in [0.25, 0.3) is 0 Å². The predicted octanol–water partition coefficient (Wildman–Crippen LogP) is 2.84. The van der Waals surface area contributed by atoms with Gasteiger partial charge in [-0.2, -0.15) is 0 Å². The van der Waals surface area contributed by atoms with E-state index in [1.165, 1.54) is 13.2 Å². The number of benzene rings is 1. The van der Waals surface area contributed by atoms with Crippen LogP contribution in [0.5, 0.6) is 0 Å². The lowest BCUT2D eigenvalue weighted by atomic mass is 10.2. The lowest BCUT2D eigenvalue weighted by molar-refractivity contribution is -0.116. The van der Waals surface area contributed by atoms with Crippen molar-refractivity contribution in [2.24, 2.45) is 0 Å². The summed E-state index contributed by atoms with van der Waals surface area (Å²) < 4.78 is 4.63. The van der Waals surface area contributed by atoms with E-state index in [0.29, 0.717) is 35.3 Å². The minimum atomic E-state index is -0.472. The summed E-state index contributed by atoms with van der Waals surface area (Å²) in [6.07, 6.45) is 1.34. The second kappa shape index (κ2) is 8.64. The van der Waals surface area contributed by atoms with Crippen molar-refractivity contribution in [2.75, 3.05) is 19.0 Å². The van der Waals surface area contributed by atoms with Crippen LogP contribution in [0.3, 0.4) is 0 Å². The fourth-order valence-electron chi connectivity index (χ4n) is 1.66. The minimum Gasteiger partial charge on any atom is -0.465 e. The second-order valence-corrected chi connectivity index (χ2v) is 5.16. The number of anilines is 1. The highest BCUT2D eigenvalue weighted by molar-refractivity contribution is 6.33. The number of hydrogen-bond acceptors (Lipinski definition) is 4. The van der Waals surface area contributed by atoms with E-state index >= 15 is 0 Å². The van der Waals surface area contributed by atoms with Crippen LogP contribution >= 0.6 is 11.6 Å². The summed E-state index contributed by atoms with van der Waals surface area (Å²) in [5.74, 6) is -0.629. The average Bonchev–Trinajstić information content (AvgIpc) is 2.48. The van der Waals surface area contributed by atoms with E-state index in [1.54, 1.807) is 12.1 Å². The normalized spacial score (nSPS) is 11.8. The third-order valence-electron chi connectivity index (χ3n) is 3.12. The molecule has 0 heterocycles. The van der Waals surface area contributed by atoms with Crippen molar-refractivity contribution in [1.82, 2.24) is 5.32 Å². The Morgan fingerprint density at radius 1 is 1.38 bits per heavy atom. The molecule has 1 atom stereocenters. The highest BCUT2D eigenvalue weighted by atomic mass is 35.5. The highest BCUT2D eigenvalue weighted by Gasteiger charge is 2.11. The maximum atomic E-state index is 11.9. The molecule has 0 aliphatic heterocycles. The number of amides is 1. The molecule has 0 aromatic heterocycles. The topological polar surface area (TPSA) is 67.4 Å². The van der Waals surface area contributed by atoms with Gasteiger partial charge < -0.3 is 15.4 Å². The monoisotopic (exact) mass is 312 g/mol. The van der Waals surface area contributed by atoms with Gasteiger partial charge in [-0.25, -0.2) is 4.79 Å². The first kappa shape index (κ1) is 17.5. The first-order valence-electron chi connectivity index (χ1n) is 6.89. The van der Waals surface area contributed by atoms with E-state index in [9.17, 15) is 9.59 Å². The summed E-state index contributed by atoms with van der Waals surface area (Å²) >= 11 is 6.01. The van der Waals surface area contributed by atoms with Gasteiger partial charge in [0, 0.05) is 19.0 Å². The molecule has 2 N–H and O–H groups in total. The Labute approximate surface area is 130 Å². The fourth-order valence-corrected chi connectivity index (χ4v) is 1.82. The van der Waals surface area contributed by atoms with Crippen LogP contribution in [-0.2, 0) is 9.53 Å². The van der Waals surface area contributed by atoms with Gasteiger partial charge in [0.15, 0.2) is 0 Å². The third kappa shape index (κ3) is 5.73. The maximum Gasteiger partial charge on any atom is 0.337 e. The van der Waals surface area contributed by atoms with Crippen molar-refractivity contribution in [1.29, 1.82) is 0 Å². The van der Waals surface area contributed by atoms with Gasteiger partial charge in [-0.05, 0) is 31.5 Å². The summed E-state index contributed by atoms with van der Waals surface area (Å²) in [7, 11) is 1.30. The first-order valence-corrected chi connectivity index (χ1v) is 7.26. The first-order chi connectivity index (χ1) is 9.97. The number of hydrogen-bond donors (Lipinski definition) is 2. The molecule has 0 aliphatic rings. The Morgan fingerprint density at radius 3 is 2.71 bits per heavy atom. The van der Waals surface area contributed by atoms with Crippen LogP contribution in [0.15, 0.2) is 18.2 Å². The van der Waals surface area contributed by atoms with E-state index in [0.717, 1.165) is 6.42 Å². The number of carbonyl (C=O) groups excluding carboxylic acids is 2. The van der Waals surface area contributed by atoms with Crippen molar-refractivity contribution in [2.45, 2.75) is 32.7 Å². The van der Waals surface area contributed by atoms with Crippen LogP contribution < -0.4 is 10.6 Å². The van der Waals surface area contributed by atoms with Crippen LogP contribution in [-0.4, -0.2) is 31.6 Å². The van der Waals surface area contributed by atoms with Gasteiger partial charge in [-0.1, -0.05) is 18.5 Å². The lowest BCUT2D eigenvalue weighted by Gasteiger charge is -2.12. The molecule has 5 nitrogen and oxygen atoms in total. The van der Waals surface area contributed by atoms with Crippen molar-refractivity contribution < 1.29 is 14.3 Å². The number of methoxy groups -OCH3 is 1. The van der Waals surface area contributed by atoms with Crippen molar-refractivity contribution in [3.63, 3.8) is 0 Å². The summed E-state index contributed by atoms with van der Waals surface area (Å²) in [4.78, 5) is 23.3. The number of carbonyl (C=O) groups is 2. The Bertz CT molecular complexity index is 506. The quantitative estimate of drug-likeness (QED) is 0.760. The molecule has 6 heteroatoms. The Hall–Kier alpha value is -1.59. The molecule has 1 aromatic rings. The summed E-state index contributed by atoms with van der Waals surface area (Å²) in [5, 5.41) is 6.32. The average molecular weight is 313 g/mol. The number of rotatable bonds is 7. The van der Waals surface area contributed by atoms with E-state index in [1.807, 2.05) is 0 Å². The number of halogens is 1. The van der Waals surface area contributed by atoms with Gasteiger partial charge in [-0.15, -0.1) is 0 Å². The zero-order valence-corrected chi connectivity index (χ0v) is 13.3. The van der Waals surface area contributed by atoms with Crippen molar-refractivity contribution >= 4 is 29.2 Å². The van der Waals surface area contributed by atoms with Gasteiger partial charge in [0.1, 0.15) is 0 Å². The zero-order chi connectivity index (χ0) is 15.8. The minimum absolute atomic E-state index is 0.158. The maximum absolute atomic E-state index is 11.9. The molecular weight excluding hydrogens is 292 g/mol. The molecule has 0 fully saturated rings. The molecular formula is C15H21ClN2O3. The van der Waals surface area contributed by atoms with E-state index in [4.69, 9.17) is 11.6 Å². The molecule has 1 aromatic carbocycles. The number of ether oxygens (including phenoxy) is 1. The molecule has 0 radical (unpaired) electrons. The molecule has 0 bridgehead atoms. The second-order valence-electron chi connectivity index (χ2n) is 4.75. The summed E-state index contributed by atoms with van der Waals surface area (Å²) in [6, 6.07) is 4.99. The standard InChI is InChI=1S/C15H21ClN2O3/c1-4-10(2)17-8-7-14(19)18-13-9-11(15(20)21-3)5-6-12(13)16/h5-6,9-10,17H,4,7-8H2,1-3H3,(H,18,19). The molecule has 1 amide bonds. The van der Waals surface area contributed by atoms with Gasteiger partial charge >= 0.3 is 5.97 Å². The Morgan fingerprint density at radius 2 is 2.10 bits per heavy atom. The molecule has 0 aliphatic carbocycles. The largest absolute Gasteiger partial charge is 0.465 e. The van der Waals surface area contributed by atoms with Crippen LogP contribution in [0.2, 0.25) is 5.02 Å². The van der Waals surface area contributed by atoms with Gasteiger partial charge in [0.25, 0.3) is 0 Å². The van der Waals surface area contributed by atoms with Gasteiger partial charge in [0.2, 0.25) is 5.91 Å². The van der Waals surface area contributed by atoms with Crippen molar-refractivity contribution in [3.05, 3.63) is 28.8 Å². The predicted molar refractivity (Wildman–Crippen MR) is 83.8 cm³/mol. The number of nitrogens with one attached hydrogen (secondary N) is 2. The zero-order valence-electron chi connectivity index (χ0n) is 12.5. The van der Waals surface area contributed by atoms with E-state index in [2.05, 4.69) is 29.2 Å². The fraction of sp³-hybridized carbons (Fsp3) is 0.467. The van der Waals surface area contributed by atoms with Crippen LogP contribution in [0.4, 0.5) is 5.69 Å². The van der Waals surface area contributed by atoms with Gasteiger partial charge in [0.05, 0.1) is 23.4 Å². The van der Waals surface area contributed by atoms with Crippen LogP contribution in [0.1, 0.15) is 37.0 Å². The molecule has 0 saturated heterocycles. The summed E-state index contributed by atoms with van der Waals surface area (Å²) in [6.45, 7) is 4.74. The Balaban J connectivity index is 2.61. The SMILES string of the molecule is CCC(C)NCCC(=O)Nc1cc(C(=O)OC)ccc1Cl. The third-order valence-corrected chi connectivity index (χ3v) is 3.45. The Kier molecular flexibility index (Phi) is 7.19. The number of esters is 1. The molecule has 1 rings (SSSR count). The smallest absolute Gasteiger partial charge is 0.337 e. The lowest BCUT2D eigenvalue weighted by Crippen LogP contribution is -2.29. The molecule has 116 valence electrons. The molecule has 21 heavy (non-hydrogen) atoms.